The van der Waals surface area contributed by atoms with E-state index >= 15 is 0 Å². The maximum Gasteiger partial charge on any atom is 0.266 e. The number of nitriles is 1. The molecule has 7 heteroatoms. The number of terminal acetylenes is 1. The van der Waals surface area contributed by atoms with E-state index in [1.165, 1.54) is 6.08 Å². The lowest BCUT2D eigenvalue weighted by atomic mass is 10.1. The Balaban J connectivity index is 2.36. The molecule has 2 aromatic rings. The van der Waals surface area contributed by atoms with Gasteiger partial charge in [0.05, 0.1) is 11.1 Å². The maximum atomic E-state index is 12.6. The minimum Gasteiger partial charge on any atom is -0.490 e. The third-order valence-electron chi connectivity index (χ3n) is 3.82. The zero-order chi connectivity index (χ0) is 21.4. The maximum absolute atomic E-state index is 12.6. The largest absolute Gasteiger partial charge is 0.490 e. The number of rotatable bonds is 7. The van der Waals surface area contributed by atoms with Crippen molar-refractivity contribution in [3.63, 3.8) is 0 Å². The zero-order valence-corrected chi connectivity index (χ0v) is 18.2. The lowest BCUT2D eigenvalue weighted by molar-refractivity contribution is -0.112. The lowest BCUT2D eigenvalue weighted by Crippen LogP contribution is -2.14. The molecule has 0 atom stereocenters. The highest BCUT2D eigenvalue weighted by atomic mass is 79.9. The van der Waals surface area contributed by atoms with Gasteiger partial charge in [-0.1, -0.05) is 23.6 Å². The van der Waals surface area contributed by atoms with E-state index in [2.05, 4.69) is 27.2 Å². The Bertz CT molecular complexity index is 1040. The van der Waals surface area contributed by atoms with E-state index in [1.54, 1.807) is 37.3 Å². The average Bonchev–Trinajstić information content (AvgIpc) is 2.69. The second-order valence-corrected chi connectivity index (χ2v) is 7.05. The first kappa shape index (κ1) is 22.4. The van der Waals surface area contributed by atoms with Gasteiger partial charge in [0.25, 0.3) is 5.91 Å². The monoisotopic (exact) mass is 472 g/mol. The van der Waals surface area contributed by atoms with Crippen LogP contribution in [0.5, 0.6) is 11.5 Å². The third kappa shape index (κ3) is 5.77. The molecule has 0 saturated carbocycles. The Hall–Kier alpha value is -2.93. The molecule has 5 nitrogen and oxygen atoms in total. The van der Waals surface area contributed by atoms with Gasteiger partial charge in [-0.3, -0.25) is 4.79 Å². The van der Waals surface area contributed by atoms with Gasteiger partial charge in [0.1, 0.15) is 18.2 Å². The number of ether oxygens (including phenoxy) is 2. The van der Waals surface area contributed by atoms with Gasteiger partial charge in [0.2, 0.25) is 0 Å². The Labute approximate surface area is 183 Å². The van der Waals surface area contributed by atoms with Crippen LogP contribution in [0.3, 0.4) is 0 Å². The molecule has 0 fully saturated rings. The van der Waals surface area contributed by atoms with Crippen LogP contribution >= 0.6 is 27.5 Å². The minimum atomic E-state index is -0.542. The van der Waals surface area contributed by atoms with Crippen LogP contribution in [-0.4, -0.2) is 19.1 Å². The number of carbonyl (C=O) groups is 1. The number of halogens is 2. The first-order valence-electron chi connectivity index (χ1n) is 8.62. The molecule has 0 aromatic heterocycles. The van der Waals surface area contributed by atoms with Crippen molar-refractivity contribution in [1.29, 1.82) is 5.26 Å². The molecule has 0 radical (unpaired) electrons. The number of nitrogens with zero attached hydrogens (tertiary/aromatic N) is 1. The highest BCUT2D eigenvalue weighted by molar-refractivity contribution is 9.10. The van der Waals surface area contributed by atoms with Crippen molar-refractivity contribution in [2.75, 3.05) is 18.5 Å². The molecule has 1 N–H and O–H groups in total. The van der Waals surface area contributed by atoms with Crippen LogP contribution in [-0.2, 0) is 4.79 Å². The van der Waals surface area contributed by atoms with E-state index in [0.29, 0.717) is 38.9 Å². The Morgan fingerprint density at radius 1 is 1.38 bits per heavy atom. The van der Waals surface area contributed by atoms with Gasteiger partial charge in [-0.25, -0.2) is 0 Å². The second kappa shape index (κ2) is 10.6. The summed E-state index contributed by atoms with van der Waals surface area (Å²) < 4.78 is 11.7. The van der Waals surface area contributed by atoms with Crippen molar-refractivity contribution < 1.29 is 14.3 Å². The van der Waals surface area contributed by atoms with Crippen LogP contribution in [0.2, 0.25) is 5.02 Å². The van der Waals surface area contributed by atoms with Crippen LogP contribution in [0.15, 0.2) is 40.4 Å². The predicted octanol–water partition coefficient (Wildman–Crippen LogP) is 5.37. The van der Waals surface area contributed by atoms with Gasteiger partial charge in [-0.15, -0.1) is 6.42 Å². The van der Waals surface area contributed by atoms with Crippen LogP contribution in [0, 0.1) is 30.6 Å². The molecule has 0 bridgehead atoms. The van der Waals surface area contributed by atoms with E-state index in [4.69, 9.17) is 27.5 Å². The minimum absolute atomic E-state index is 0.0731. The number of benzene rings is 2. The Morgan fingerprint density at radius 2 is 2.14 bits per heavy atom. The summed E-state index contributed by atoms with van der Waals surface area (Å²) in [6.45, 7) is 4.11. The molecule has 29 heavy (non-hydrogen) atoms. The normalized spacial score (nSPS) is 10.6. The fraction of sp³-hybridized carbons (Fsp3) is 0.182. The van der Waals surface area contributed by atoms with Crippen LogP contribution < -0.4 is 14.8 Å². The summed E-state index contributed by atoms with van der Waals surface area (Å²) in [7, 11) is 0. The molecular weight excluding hydrogens is 456 g/mol. The Morgan fingerprint density at radius 3 is 2.79 bits per heavy atom. The summed E-state index contributed by atoms with van der Waals surface area (Å²) in [5, 5.41) is 12.7. The van der Waals surface area contributed by atoms with Crippen LogP contribution in [0.25, 0.3) is 6.08 Å². The molecular formula is C22H18BrClN2O3. The quantitative estimate of drug-likeness (QED) is 0.333. The lowest BCUT2D eigenvalue weighted by Gasteiger charge is -2.13. The number of carbonyl (C=O) groups excluding carboxylic acids is 1. The van der Waals surface area contributed by atoms with E-state index in [9.17, 15) is 10.1 Å². The van der Waals surface area contributed by atoms with E-state index in [0.717, 1.165) is 5.56 Å². The average molecular weight is 474 g/mol. The van der Waals surface area contributed by atoms with Crippen molar-refractivity contribution in [3.05, 3.63) is 56.5 Å². The molecule has 148 valence electrons. The Kier molecular flexibility index (Phi) is 8.15. The van der Waals surface area contributed by atoms with Crippen molar-refractivity contribution in [2.24, 2.45) is 0 Å². The number of anilines is 1. The smallest absolute Gasteiger partial charge is 0.266 e. The van der Waals surface area contributed by atoms with Gasteiger partial charge in [0.15, 0.2) is 11.5 Å². The number of nitrogens with one attached hydrogen (secondary N) is 1. The molecule has 0 spiro atoms. The van der Waals surface area contributed by atoms with Crippen molar-refractivity contribution in [2.45, 2.75) is 13.8 Å². The first-order chi connectivity index (χ1) is 13.9. The highest BCUT2D eigenvalue weighted by Crippen LogP contribution is 2.37. The molecule has 1 amide bonds. The summed E-state index contributed by atoms with van der Waals surface area (Å²) in [4.78, 5) is 12.6. The molecule has 2 aromatic carbocycles. The van der Waals surface area contributed by atoms with E-state index in [-0.39, 0.29) is 12.2 Å². The zero-order valence-electron chi connectivity index (χ0n) is 15.9. The summed E-state index contributed by atoms with van der Waals surface area (Å²) in [5.41, 5.74) is 1.77. The summed E-state index contributed by atoms with van der Waals surface area (Å²) in [6.07, 6.45) is 6.72. The second-order valence-electron chi connectivity index (χ2n) is 5.79. The van der Waals surface area contributed by atoms with Gasteiger partial charge < -0.3 is 14.8 Å². The summed E-state index contributed by atoms with van der Waals surface area (Å²) in [6, 6.07) is 10.5. The number of hydrogen-bond acceptors (Lipinski definition) is 4. The summed E-state index contributed by atoms with van der Waals surface area (Å²) in [5.74, 6) is 2.77. The van der Waals surface area contributed by atoms with Crippen molar-refractivity contribution in [3.8, 4) is 29.9 Å². The molecule has 0 aliphatic rings. The van der Waals surface area contributed by atoms with Crippen LogP contribution in [0.4, 0.5) is 5.69 Å². The fourth-order valence-corrected chi connectivity index (χ4v) is 3.18. The van der Waals surface area contributed by atoms with Crippen LogP contribution in [0.1, 0.15) is 18.1 Å². The topological polar surface area (TPSA) is 71.3 Å². The predicted molar refractivity (Wildman–Crippen MR) is 118 cm³/mol. The first-order valence-corrected chi connectivity index (χ1v) is 9.79. The van der Waals surface area contributed by atoms with Crippen molar-refractivity contribution >= 4 is 45.2 Å². The third-order valence-corrected chi connectivity index (χ3v) is 4.82. The molecule has 0 heterocycles. The van der Waals surface area contributed by atoms with Gasteiger partial charge in [-0.05, 0) is 71.2 Å². The van der Waals surface area contributed by atoms with Crippen molar-refractivity contribution in [1.82, 2.24) is 0 Å². The SMILES string of the molecule is C#CCOc1c(Br)cc(C=C(C#N)C(=O)Nc2cccc(Cl)c2C)cc1OCC. The molecule has 0 aliphatic carbocycles. The standard InChI is InChI=1S/C22H18BrClN2O3/c1-4-9-29-21-17(23)11-15(12-20(21)28-5-2)10-16(13-25)22(27)26-19-8-6-7-18(24)14(19)3/h1,6-8,10-12H,5,9H2,2-3H3,(H,26,27). The van der Waals surface area contributed by atoms with Gasteiger partial charge in [0, 0.05) is 10.7 Å². The molecule has 0 saturated heterocycles. The molecule has 0 aliphatic heterocycles. The fourth-order valence-electron chi connectivity index (χ4n) is 2.44. The molecule has 0 unspecified atom stereocenters. The van der Waals surface area contributed by atoms with Gasteiger partial charge >= 0.3 is 0 Å². The number of amides is 1. The summed E-state index contributed by atoms with van der Waals surface area (Å²) >= 11 is 9.50. The highest BCUT2D eigenvalue weighted by Gasteiger charge is 2.15. The van der Waals surface area contributed by atoms with E-state index in [1.807, 2.05) is 13.0 Å². The van der Waals surface area contributed by atoms with E-state index < -0.39 is 5.91 Å². The molecule has 2 rings (SSSR count). The number of hydrogen-bond donors (Lipinski definition) is 1. The van der Waals surface area contributed by atoms with Gasteiger partial charge in [-0.2, -0.15) is 5.26 Å².